The van der Waals surface area contributed by atoms with Crippen LogP contribution in [0.2, 0.25) is 0 Å². The number of benzene rings is 1. The summed E-state index contributed by atoms with van der Waals surface area (Å²) in [6.07, 6.45) is 1.24. The molecule has 1 fully saturated rings. The fourth-order valence-electron chi connectivity index (χ4n) is 2.24. The summed E-state index contributed by atoms with van der Waals surface area (Å²) in [7, 11) is 0. The second kappa shape index (κ2) is 6.42. The Morgan fingerprint density at radius 3 is 2.74 bits per heavy atom. The van der Waals surface area contributed by atoms with Crippen LogP contribution in [-0.2, 0) is 11.4 Å². The Labute approximate surface area is 137 Å². The Hall–Kier alpha value is -2.34. The van der Waals surface area contributed by atoms with Crippen molar-refractivity contribution in [2.24, 2.45) is 5.41 Å². The molecule has 0 atom stereocenters. The van der Waals surface area contributed by atoms with Gasteiger partial charge in [0, 0.05) is 17.0 Å². The Morgan fingerprint density at radius 2 is 2.09 bits per heavy atom. The van der Waals surface area contributed by atoms with E-state index in [1.54, 1.807) is 35.6 Å². The normalized spacial score (nSPS) is 15.0. The number of hydrogen-bond acceptors (Lipinski definition) is 4. The molecule has 23 heavy (non-hydrogen) atoms. The molecule has 6 heteroatoms. The van der Waals surface area contributed by atoms with Crippen LogP contribution in [0.4, 0.5) is 0 Å². The van der Waals surface area contributed by atoms with Crippen molar-refractivity contribution in [2.45, 2.75) is 19.4 Å². The van der Waals surface area contributed by atoms with E-state index in [1.807, 2.05) is 17.5 Å². The van der Waals surface area contributed by atoms with Crippen LogP contribution in [0, 0.1) is 5.41 Å². The van der Waals surface area contributed by atoms with E-state index in [2.05, 4.69) is 5.32 Å². The number of hydrogen-bond donors (Lipinski definition) is 2. The first-order chi connectivity index (χ1) is 11.1. The Kier molecular flexibility index (Phi) is 4.34. The van der Waals surface area contributed by atoms with Crippen molar-refractivity contribution in [3.63, 3.8) is 0 Å². The second-order valence-corrected chi connectivity index (χ2v) is 6.70. The first kappa shape index (κ1) is 15.6. The summed E-state index contributed by atoms with van der Waals surface area (Å²) in [6.45, 7) is 0.631. The zero-order chi connectivity index (χ0) is 16.3. The highest BCUT2D eigenvalue weighted by molar-refractivity contribution is 7.09. The molecule has 0 unspecified atom stereocenters. The van der Waals surface area contributed by atoms with Crippen molar-refractivity contribution in [3.8, 4) is 5.75 Å². The number of amides is 1. The van der Waals surface area contributed by atoms with Crippen LogP contribution in [0.1, 0.15) is 28.1 Å². The van der Waals surface area contributed by atoms with Crippen molar-refractivity contribution in [3.05, 3.63) is 52.2 Å². The third-order valence-corrected chi connectivity index (χ3v) is 4.80. The summed E-state index contributed by atoms with van der Waals surface area (Å²) >= 11 is 1.61. The summed E-state index contributed by atoms with van der Waals surface area (Å²) in [5.41, 5.74) is -0.294. The maximum atomic E-state index is 12.2. The molecular formula is C17H17NO4S. The molecule has 1 aliphatic carbocycles. The van der Waals surface area contributed by atoms with Gasteiger partial charge in [-0.2, -0.15) is 0 Å². The van der Waals surface area contributed by atoms with E-state index in [4.69, 9.17) is 9.84 Å². The minimum atomic E-state index is -0.842. The SMILES string of the molecule is O=C(NCC1(C(=O)O)CC1)c1cccc(OCc2cccs2)c1. The predicted molar refractivity (Wildman–Crippen MR) is 86.7 cm³/mol. The molecular weight excluding hydrogens is 314 g/mol. The molecule has 1 aromatic heterocycles. The Bertz CT molecular complexity index is 707. The third-order valence-electron chi connectivity index (χ3n) is 3.95. The Balaban J connectivity index is 1.58. The molecule has 1 amide bonds. The fourth-order valence-corrected chi connectivity index (χ4v) is 2.86. The van der Waals surface area contributed by atoms with Gasteiger partial charge in [0.05, 0.1) is 5.41 Å². The van der Waals surface area contributed by atoms with Crippen molar-refractivity contribution in [1.29, 1.82) is 0 Å². The van der Waals surface area contributed by atoms with Gasteiger partial charge in [0.25, 0.3) is 5.91 Å². The lowest BCUT2D eigenvalue weighted by molar-refractivity contribution is -0.143. The number of carboxylic acids is 1. The maximum Gasteiger partial charge on any atom is 0.311 e. The number of ether oxygens (including phenoxy) is 1. The van der Waals surface area contributed by atoms with E-state index in [0.717, 1.165) is 4.88 Å². The predicted octanol–water partition coefficient (Wildman–Crippen LogP) is 2.92. The minimum absolute atomic E-state index is 0.168. The monoisotopic (exact) mass is 331 g/mol. The zero-order valence-electron chi connectivity index (χ0n) is 12.5. The van der Waals surface area contributed by atoms with E-state index >= 15 is 0 Å². The summed E-state index contributed by atoms with van der Waals surface area (Å²) < 4.78 is 5.67. The number of thiophene rings is 1. The molecule has 1 aromatic carbocycles. The minimum Gasteiger partial charge on any atom is -0.488 e. The molecule has 1 heterocycles. The summed E-state index contributed by atoms with van der Waals surface area (Å²) in [4.78, 5) is 24.4. The molecule has 3 rings (SSSR count). The average Bonchev–Trinajstić information content (AvgIpc) is 3.18. The molecule has 0 saturated heterocycles. The number of carboxylic acid groups (broad SMARTS) is 1. The molecule has 0 radical (unpaired) electrons. The smallest absolute Gasteiger partial charge is 0.311 e. The fraction of sp³-hybridized carbons (Fsp3) is 0.294. The second-order valence-electron chi connectivity index (χ2n) is 5.66. The van der Waals surface area contributed by atoms with Gasteiger partial charge >= 0.3 is 5.97 Å². The van der Waals surface area contributed by atoms with Crippen LogP contribution >= 0.6 is 11.3 Å². The number of rotatable bonds is 7. The highest BCUT2D eigenvalue weighted by atomic mass is 32.1. The molecule has 0 aliphatic heterocycles. The molecule has 0 spiro atoms. The lowest BCUT2D eigenvalue weighted by Gasteiger charge is -2.12. The average molecular weight is 331 g/mol. The maximum absolute atomic E-state index is 12.2. The highest BCUT2D eigenvalue weighted by Gasteiger charge is 2.50. The van der Waals surface area contributed by atoms with Crippen LogP contribution in [0.15, 0.2) is 41.8 Å². The van der Waals surface area contributed by atoms with Crippen LogP contribution in [0.3, 0.4) is 0 Å². The number of nitrogens with one attached hydrogen (secondary N) is 1. The molecule has 0 bridgehead atoms. The van der Waals surface area contributed by atoms with E-state index in [9.17, 15) is 9.59 Å². The highest BCUT2D eigenvalue weighted by Crippen LogP contribution is 2.45. The van der Waals surface area contributed by atoms with Crippen molar-refractivity contribution in [1.82, 2.24) is 5.32 Å². The van der Waals surface area contributed by atoms with Gasteiger partial charge in [0.15, 0.2) is 0 Å². The van der Waals surface area contributed by atoms with Crippen molar-refractivity contribution in [2.75, 3.05) is 6.54 Å². The van der Waals surface area contributed by atoms with Gasteiger partial charge in [0.2, 0.25) is 0 Å². The molecule has 1 saturated carbocycles. The van der Waals surface area contributed by atoms with Crippen LogP contribution in [0.5, 0.6) is 5.75 Å². The Morgan fingerprint density at radius 1 is 1.26 bits per heavy atom. The van der Waals surface area contributed by atoms with E-state index < -0.39 is 11.4 Å². The largest absolute Gasteiger partial charge is 0.488 e. The van der Waals surface area contributed by atoms with Gasteiger partial charge in [-0.25, -0.2) is 0 Å². The van der Waals surface area contributed by atoms with Gasteiger partial charge in [0.1, 0.15) is 12.4 Å². The van der Waals surface area contributed by atoms with E-state index in [-0.39, 0.29) is 12.5 Å². The number of carbonyl (C=O) groups is 2. The summed E-state index contributed by atoms with van der Waals surface area (Å²) in [6, 6.07) is 10.9. The molecule has 5 nitrogen and oxygen atoms in total. The first-order valence-corrected chi connectivity index (χ1v) is 8.24. The zero-order valence-corrected chi connectivity index (χ0v) is 13.3. The van der Waals surface area contributed by atoms with E-state index in [1.165, 1.54) is 0 Å². The quantitative estimate of drug-likeness (QED) is 0.818. The first-order valence-electron chi connectivity index (χ1n) is 7.36. The molecule has 2 N–H and O–H groups in total. The standard InChI is InChI=1S/C17H17NO4S/c19-15(18-11-17(6-7-17)16(20)21)12-3-1-4-13(9-12)22-10-14-5-2-8-23-14/h1-5,8-9H,6-7,10-11H2,(H,18,19)(H,20,21). The van der Waals surface area contributed by atoms with Crippen molar-refractivity contribution >= 4 is 23.2 Å². The van der Waals surface area contributed by atoms with Gasteiger partial charge in [-0.3, -0.25) is 9.59 Å². The van der Waals surface area contributed by atoms with Crippen LogP contribution < -0.4 is 10.1 Å². The molecule has 2 aromatic rings. The number of carbonyl (C=O) groups excluding carboxylic acids is 1. The summed E-state index contributed by atoms with van der Waals surface area (Å²) in [5.74, 6) is -0.504. The molecule has 120 valence electrons. The van der Waals surface area contributed by atoms with Gasteiger partial charge < -0.3 is 15.2 Å². The third kappa shape index (κ3) is 3.71. The topological polar surface area (TPSA) is 75.6 Å². The van der Waals surface area contributed by atoms with Gasteiger partial charge in [-0.1, -0.05) is 12.1 Å². The number of aliphatic carboxylic acids is 1. The van der Waals surface area contributed by atoms with Crippen molar-refractivity contribution < 1.29 is 19.4 Å². The lowest BCUT2D eigenvalue weighted by atomic mass is 10.1. The van der Waals surface area contributed by atoms with Gasteiger partial charge in [-0.15, -0.1) is 11.3 Å². The molecule has 1 aliphatic rings. The summed E-state index contributed by atoms with van der Waals surface area (Å²) in [5, 5.41) is 13.8. The lowest BCUT2D eigenvalue weighted by Crippen LogP contribution is -2.34. The van der Waals surface area contributed by atoms with Crippen LogP contribution in [0.25, 0.3) is 0 Å². The van der Waals surface area contributed by atoms with Crippen LogP contribution in [-0.4, -0.2) is 23.5 Å². The van der Waals surface area contributed by atoms with E-state index in [0.29, 0.717) is 30.8 Å². The van der Waals surface area contributed by atoms with Gasteiger partial charge in [-0.05, 0) is 42.5 Å².